The molecule has 36 heavy (non-hydrogen) atoms. The van der Waals surface area contributed by atoms with Crippen molar-refractivity contribution in [1.82, 2.24) is 14.5 Å². The van der Waals surface area contributed by atoms with Crippen molar-refractivity contribution in [2.24, 2.45) is 5.92 Å². The molecule has 2 aromatic carbocycles. The maximum absolute atomic E-state index is 13.8. The minimum absolute atomic E-state index is 0.0530. The lowest BCUT2D eigenvalue weighted by Gasteiger charge is -2.33. The summed E-state index contributed by atoms with van der Waals surface area (Å²) < 4.78 is 28.8. The number of benzene rings is 2. The van der Waals surface area contributed by atoms with Crippen LogP contribution in [0.4, 0.5) is 5.69 Å². The van der Waals surface area contributed by atoms with E-state index in [-0.39, 0.29) is 18.4 Å². The van der Waals surface area contributed by atoms with Gasteiger partial charge < -0.3 is 10.2 Å². The topological polar surface area (TPSA) is 90.0 Å². The molecule has 0 fully saturated rings. The number of carbonyl (C=O) groups excluding carboxylic acids is 2. The highest BCUT2D eigenvalue weighted by Crippen LogP contribution is 2.26. The second-order valence-corrected chi connectivity index (χ2v) is 12.0. The van der Waals surface area contributed by atoms with Crippen LogP contribution in [-0.4, -0.2) is 62.7 Å². The van der Waals surface area contributed by atoms with Crippen LogP contribution < -0.4 is 9.62 Å². The number of amides is 2. The largest absolute Gasteiger partial charge is 0.354 e. The average Bonchev–Trinajstić information content (AvgIpc) is 2.81. The Balaban J connectivity index is 2.50. The number of hydrogen-bond acceptors (Lipinski definition) is 4. The SMILES string of the molecule is Cc1ccc(C)c(N(CC(=O)N(Cc2ccccc2Cl)[C@@H](C)C(=O)NCC(C)C)S(=O)(=O)N(C)C)c1. The summed E-state index contributed by atoms with van der Waals surface area (Å²) >= 11 is 6.36. The van der Waals surface area contributed by atoms with Gasteiger partial charge in [0.1, 0.15) is 12.6 Å². The van der Waals surface area contributed by atoms with Crippen molar-refractivity contribution in [3.05, 3.63) is 64.2 Å². The summed E-state index contributed by atoms with van der Waals surface area (Å²) in [6.07, 6.45) is 0. The van der Waals surface area contributed by atoms with Gasteiger partial charge in [0.2, 0.25) is 11.8 Å². The smallest absolute Gasteiger partial charge is 0.304 e. The summed E-state index contributed by atoms with van der Waals surface area (Å²) in [7, 11) is -1.18. The van der Waals surface area contributed by atoms with Gasteiger partial charge in [0.05, 0.1) is 5.69 Å². The first-order valence-electron chi connectivity index (χ1n) is 11.8. The number of halogens is 1. The predicted octanol–water partition coefficient (Wildman–Crippen LogP) is 3.76. The molecule has 1 atom stereocenters. The summed E-state index contributed by atoms with van der Waals surface area (Å²) in [6, 6.07) is 11.6. The molecule has 0 aliphatic carbocycles. The number of nitrogens with one attached hydrogen (secondary N) is 1. The Morgan fingerprint density at radius 2 is 1.67 bits per heavy atom. The third-order valence-electron chi connectivity index (χ3n) is 5.80. The monoisotopic (exact) mass is 536 g/mol. The molecule has 0 saturated heterocycles. The molecule has 0 aliphatic heterocycles. The first kappa shape index (κ1) is 29.6. The standard InChI is InChI=1S/C26H37ClN4O4S/c1-18(2)15-28-26(33)21(5)30(16-22-10-8-9-11-23(22)27)25(32)17-31(36(34,35)29(6)7)24-14-19(3)12-13-20(24)4/h8-14,18,21H,15-17H2,1-7H3,(H,28,33)/t21-/m0/s1. The van der Waals surface area contributed by atoms with Gasteiger partial charge in [0.15, 0.2) is 0 Å². The van der Waals surface area contributed by atoms with Gasteiger partial charge in [0, 0.05) is 32.2 Å². The maximum atomic E-state index is 13.8. The maximum Gasteiger partial charge on any atom is 0.304 e. The van der Waals surface area contributed by atoms with Crippen molar-refractivity contribution in [2.75, 3.05) is 31.5 Å². The van der Waals surface area contributed by atoms with Gasteiger partial charge in [-0.2, -0.15) is 12.7 Å². The molecule has 0 unspecified atom stereocenters. The molecule has 10 heteroatoms. The summed E-state index contributed by atoms with van der Waals surface area (Å²) in [5.41, 5.74) is 2.63. The number of rotatable bonds is 11. The van der Waals surface area contributed by atoms with Crippen LogP contribution in [0.3, 0.4) is 0 Å². The summed E-state index contributed by atoms with van der Waals surface area (Å²) in [6.45, 7) is 9.27. The second-order valence-electron chi connectivity index (χ2n) is 9.51. The van der Waals surface area contributed by atoms with E-state index in [4.69, 9.17) is 11.6 Å². The van der Waals surface area contributed by atoms with Gasteiger partial charge in [-0.25, -0.2) is 4.31 Å². The Labute approximate surface area is 220 Å². The molecule has 0 aromatic heterocycles. The zero-order chi connectivity index (χ0) is 27.2. The predicted molar refractivity (Wildman–Crippen MR) is 145 cm³/mol. The van der Waals surface area contributed by atoms with Crippen LogP contribution in [0, 0.1) is 19.8 Å². The van der Waals surface area contributed by atoms with Crippen LogP contribution in [0.2, 0.25) is 5.02 Å². The Morgan fingerprint density at radius 1 is 1.03 bits per heavy atom. The fraction of sp³-hybridized carbons (Fsp3) is 0.462. The minimum atomic E-state index is -4.02. The van der Waals surface area contributed by atoms with Crippen molar-refractivity contribution in [3.8, 4) is 0 Å². The molecule has 0 bridgehead atoms. The van der Waals surface area contributed by atoms with Gasteiger partial charge >= 0.3 is 10.2 Å². The van der Waals surface area contributed by atoms with Gasteiger partial charge in [-0.1, -0.05) is 55.8 Å². The lowest BCUT2D eigenvalue weighted by atomic mass is 10.1. The third kappa shape index (κ3) is 7.44. The number of nitrogens with zero attached hydrogens (tertiary/aromatic N) is 3. The molecule has 0 aliphatic rings. The normalized spacial score (nSPS) is 12.5. The molecule has 0 radical (unpaired) electrons. The van der Waals surface area contributed by atoms with Crippen LogP contribution in [0.1, 0.15) is 37.5 Å². The molecular formula is C26H37ClN4O4S. The lowest BCUT2D eigenvalue weighted by Crippen LogP contribution is -2.52. The molecule has 2 amide bonds. The first-order valence-corrected chi connectivity index (χ1v) is 13.6. The summed E-state index contributed by atoms with van der Waals surface area (Å²) in [5.74, 6) is -0.606. The van der Waals surface area contributed by atoms with E-state index in [1.54, 1.807) is 44.2 Å². The molecule has 2 rings (SSSR count). The molecule has 0 saturated carbocycles. The van der Waals surface area contributed by atoms with Crippen LogP contribution in [0.5, 0.6) is 0 Å². The molecular weight excluding hydrogens is 500 g/mol. The molecule has 2 aromatic rings. The van der Waals surface area contributed by atoms with Crippen molar-refractivity contribution in [2.45, 2.75) is 47.2 Å². The zero-order valence-electron chi connectivity index (χ0n) is 22.1. The van der Waals surface area contributed by atoms with E-state index >= 15 is 0 Å². The minimum Gasteiger partial charge on any atom is -0.354 e. The Morgan fingerprint density at radius 3 is 2.25 bits per heavy atom. The van der Waals surface area contributed by atoms with Crippen molar-refractivity contribution in [1.29, 1.82) is 0 Å². The van der Waals surface area contributed by atoms with Gasteiger partial charge in [-0.3, -0.25) is 9.59 Å². The third-order valence-corrected chi connectivity index (χ3v) is 7.98. The number of carbonyl (C=O) groups is 2. The fourth-order valence-electron chi connectivity index (χ4n) is 3.54. The summed E-state index contributed by atoms with van der Waals surface area (Å²) in [4.78, 5) is 28.1. The summed E-state index contributed by atoms with van der Waals surface area (Å²) in [5, 5.41) is 3.32. The fourth-order valence-corrected chi connectivity index (χ4v) is 4.84. The molecule has 0 spiro atoms. The van der Waals surface area contributed by atoms with E-state index in [9.17, 15) is 18.0 Å². The number of anilines is 1. The molecule has 0 heterocycles. The van der Waals surface area contributed by atoms with Crippen molar-refractivity contribution < 1.29 is 18.0 Å². The first-order chi connectivity index (χ1) is 16.7. The van der Waals surface area contributed by atoms with E-state index in [0.717, 1.165) is 14.2 Å². The van der Waals surface area contributed by atoms with Gasteiger partial charge in [0.25, 0.3) is 0 Å². The van der Waals surface area contributed by atoms with Crippen LogP contribution in [0.25, 0.3) is 0 Å². The molecule has 8 nitrogen and oxygen atoms in total. The van der Waals surface area contributed by atoms with E-state index in [1.165, 1.54) is 19.0 Å². The van der Waals surface area contributed by atoms with Crippen LogP contribution in [0.15, 0.2) is 42.5 Å². The van der Waals surface area contributed by atoms with E-state index < -0.39 is 28.7 Å². The Hall–Kier alpha value is -2.62. The number of aryl methyl sites for hydroxylation is 2. The van der Waals surface area contributed by atoms with E-state index in [1.807, 2.05) is 32.9 Å². The Kier molecular flexibility index (Phi) is 10.3. The number of hydrogen-bond donors (Lipinski definition) is 1. The van der Waals surface area contributed by atoms with Crippen LogP contribution in [-0.2, 0) is 26.3 Å². The average molecular weight is 537 g/mol. The molecule has 1 N–H and O–H groups in total. The van der Waals surface area contributed by atoms with E-state index in [0.29, 0.717) is 28.4 Å². The zero-order valence-corrected chi connectivity index (χ0v) is 23.7. The highest BCUT2D eigenvalue weighted by molar-refractivity contribution is 7.90. The van der Waals surface area contributed by atoms with E-state index in [2.05, 4.69) is 5.32 Å². The van der Waals surface area contributed by atoms with Crippen molar-refractivity contribution in [3.63, 3.8) is 0 Å². The highest BCUT2D eigenvalue weighted by Gasteiger charge is 2.33. The van der Waals surface area contributed by atoms with Gasteiger partial charge in [-0.15, -0.1) is 0 Å². The van der Waals surface area contributed by atoms with Gasteiger partial charge in [-0.05, 0) is 55.5 Å². The highest BCUT2D eigenvalue weighted by atomic mass is 35.5. The lowest BCUT2D eigenvalue weighted by molar-refractivity contribution is -0.139. The second kappa shape index (κ2) is 12.6. The van der Waals surface area contributed by atoms with Crippen LogP contribution >= 0.6 is 11.6 Å². The quantitative estimate of drug-likeness (QED) is 0.473. The Bertz CT molecular complexity index is 1180. The molecule has 198 valence electrons. The van der Waals surface area contributed by atoms with Crippen molar-refractivity contribution >= 4 is 39.3 Å².